The molecular weight excluding hydrogens is 310 g/mol. The molecular formula is C22H29NO2. The molecule has 1 heterocycles. The molecule has 0 amide bonds. The van der Waals surface area contributed by atoms with Crippen LogP contribution in [-0.4, -0.2) is 43.0 Å². The van der Waals surface area contributed by atoms with E-state index < -0.39 is 5.79 Å². The van der Waals surface area contributed by atoms with Crippen LogP contribution in [0.3, 0.4) is 0 Å². The number of nitrogens with zero attached hydrogens (tertiary/aromatic N) is 1. The van der Waals surface area contributed by atoms with Crippen LogP contribution >= 0.6 is 0 Å². The van der Waals surface area contributed by atoms with Crippen molar-refractivity contribution < 1.29 is 9.47 Å². The molecule has 2 aromatic rings. The average Bonchev–Trinajstić information content (AvgIpc) is 3.03. The Bertz CT molecular complexity index is 583. The van der Waals surface area contributed by atoms with Gasteiger partial charge in [0, 0.05) is 19.4 Å². The van der Waals surface area contributed by atoms with E-state index >= 15 is 0 Å². The summed E-state index contributed by atoms with van der Waals surface area (Å²) in [5, 5.41) is 0. The van der Waals surface area contributed by atoms with Gasteiger partial charge in [-0.1, -0.05) is 74.5 Å². The van der Waals surface area contributed by atoms with Crippen LogP contribution in [-0.2, 0) is 22.3 Å². The molecule has 1 unspecified atom stereocenters. The first kappa shape index (κ1) is 18.1. The molecule has 0 spiro atoms. The molecule has 1 fully saturated rings. The van der Waals surface area contributed by atoms with Crippen LogP contribution in [0, 0.1) is 0 Å². The maximum Gasteiger partial charge on any atom is 0.176 e. The van der Waals surface area contributed by atoms with Crippen molar-refractivity contribution >= 4 is 0 Å². The van der Waals surface area contributed by atoms with Gasteiger partial charge in [0.05, 0.1) is 12.7 Å². The summed E-state index contributed by atoms with van der Waals surface area (Å²) in [6, 6.07) is 21.0. The molecule has 3 nitrogen and oxygen atoms in total. The summed E-state index contributed by atoms with van der Waals surface area (Å²) in [5.41, 5.74) is 2.50. The minimum atomic E-state index is -0.569. The Kier molecular flexibility index (Phi) is 6.24. The molecule has 0 bridgehead atoms. The predicted octanol–water partition coefficient (Wildman–Crippen LogP) is 3.93. The van der Waals surface area contributed by atoms with Crippen LogP contribution in [0.15, 0.2) is 60.7 Å². The normalized spacial score (nSPS) is 19.4. The van der Waals surface area contributed by atoms with Crippen molar-refractivity contribution in [2.75, 3.05) is 26.2 Å². The molecule has 1 aliphatic heterocycles. The van der Waals surface area contributed by atoms with Gasteiger partial charge in [-0.3, -0.25) is 0 Å². The lowest BCUT2D eigenvalue weighted by molar-refractivity contribution is -0.167. The molecule has 1 atom stereocenters. The smallest absolute Gasteiger partial charge is 0.176 e. The second-order valence-electron chi connectivity index (χ2n) is 6.77. The molecule has 1 saturated heterocycles. The van der Waals surface area contributed by atoms with Gasteiger partial charge in [0.1, 0.15) is 0 Å². The Hall–Kier alpha value is -1.68. The van der Waals surface area contributed by atoms with Crippen LogP contribution in [0.2, 0.25) is 0 Å². The number of likely N-dealkylation sites (N-methyl/N-ethyl adjacent to an activating group) is 1. The van der Waals surface area contributed by atoms with E-state index in [1.54, 1.807) is 0 Å². The average molecular weight is 339 g/mol. The first-order valence-electron chi connectivity index (χ1n) is 9.35. The number of ether oxygens (including phenoxy) is 2. The zero-order valence-electron chi connectivity index (χ0n) is 15.4. The van der Waals surface area contributed by atoms with Gasteiger partial charge in [0.25, 0.3) is 0 Å². The Morgan fingerprint density at radius 2 is 1.40 bits per heavy atom. The van der Waals surface area contributed by atoms with Gasteiger partial charge in [-0.2, -0.15) is 0 Å². The predicted molar refractivity (Wildman–Crippen MR) is 102 cm³/mol. The lowest BCUT2D eigenvalue weighted by Crippen LogP contribution is -2.39. The molecule has 2 aromatic carbocycles. The zero-order chi connectivity index (χ0) is 17.5. The van der Waals surface area contributed by atoms with E-state index in [0.717, 1.165) is 32.5 Å². The van der Waals surface area contributed by atoms with Crippen LogP contribution in [0.5, 0.6) is 0 Å². The Morgan fingerprint density at radius 3 is 1.88 bits per heavy atom. The second-order valence-corrected chi connectivity index (χ2v) is 6.77. The standard InChI is InChI=1S/C22H29NO2/c1-3-23(4-2)17-21-18-24-22(25-21,15-19-11-7-5-8-12-19)16-20-13-9-6-10-14-20/h5-14,21H,3-4,15-18H2,1-2H3. The molecule has 0 radical (unpaired) electrons. The minimum absolute atomic E-state index is 0.132. The van der Waals surface area contributed by atoms with E-state index in [1.165, 1.54) is 11.1 Å². The van der Waals surface area contributed by atoms with E-state index in [2.05, 4.69) is 67.3 Å². The van der Waals surface area contributed by atoms with Gasteiger partial charge in [0.15, 0.2) is 5.79 Å². The number of benzene rings is 2. The van der Waals surface area contributed by atoms with Crippen LogP contribution in [0.25, 0.3) is 0 Å². The molecule has 25 heavy (non-hydrogen) atoms. The van der Waals surface area contributed by atoms with Gasteiger partial charge in [-0.15, -0.1) is 0 Å². The quantitative estimate of drug-likeness (QED) is 0.727. The van der Waals surface area contributed by atoms with E-state index in [4.69, 9.17) is 9.47 Å². The van der Waals surface area contributed by atoms with Gasteiger partial charge in [0.2, 0.25) is 0 Å². The molecule has 0 aromatic heterocycles. The maximum atomic E-state index is 6.53. The van der Waals surface area contributed by atoms with Crippen LogP contribution in [0.1, 0.15) is 25.0 Å². The van der Waals surface area contributed by atoms with Crippen molar-refractivity contribution in [3.8, 4) is 0 Å². The first-order chi connectivity index (χ1) is 12.2. The fourth-order valence-electron chi connectivity index (χ4n) is 3.54. The highest BCUT2D eigenvalue weighted by Crippen LogP contribution is 2.32. The Morgan fingerprint density at radius 1 is 0.880 bits per heavy atom. The Labute approximate surface area is 151 Å². The van der Waals surface area contributed by atoms with Gasteiger partial charge in [-0.25, -0.2) is 0 Å². The van der Waals surface area contributed by atoms with Crippen molar-refractivity contribution in [1.29, 1.82) is 0 Å². The largest absolute Gasteiger partial charge is 0.346 e. The van der Waals surface area contributed by atoms with Gasteiger partial charge >= 0.3 is 0 Å². The van der Waals surface area contributed by atoms with Gasteiger partial charge in [-0.05, 0) is 24.2 Å². The molecule has 0 aliphatic carbocycles. The highest BCUT2D eigenvalue weighted by molar-refractivity contribution is 5.21. The number of hydrogen-bond donors (Lipinski definition) is 0. The summed E-state index contributed by atoms with van der Waals surface area (Å²) in [7, 11) is 0. The van der Waals surface area contributed by atoms with E-state index in [9.17, 15) is 0 Å². The summed E-state index contributed by atoms with van der Waals surface area (Å²) >= 11 is 0. The third kappa shape index (κ3) is 4.91. The van der Waals surface area contributed by atoms with Gasteiger partial charge < -0.3 is 14.4 Å². The number of hydrogen-bond acceptors (Lipinski definition) is 3. The van der Waals surface area contributed by atoms with E-state index in [-0.39, 0.29) is 6.10 Å². The molecule has 0 saturated carbocycles. The van der Waals surface area contributed by atoms with Crippen molar-refractivity contribution in [2.24, 2.45) is 0 Å². The van der Waals surface area contributed by atoms with E-state index in [0.29, 0.717) is 6.61 Å². The van der Waals surface area contributed by atoms with Crippen LogP contribution in [0.4, 0.5) is 0 Å². The molecule has 0 N–H and O–H groups in total. The highest BCUT2D eigenvalue weighted by Gasteiger charge is 2.42. The molecule has 1 aliphatic rings. The SMILES string of the molecule is CCN(CC)CC1COC(Cc2ccccc2)(Cc2ccccc2)O1. The van der Waals surface area contributed by atoms with Crippen LogP contribution < -0.4 is 0 Å². The second kappa shape index (κ2) is 8.61. The minimum Gasteiger partial charge on any atom is -0.346 e. The number of rotatable bonds is 8. The molecule has 3 rings (SSSR count). The summed E-state index contributed by atoms with van der Waals surface area (Å²) in [4.78, 5) is 2.40. The Balaban J connectivity index is 1.76. The summed E-state index contributed by atoms with van der Waals surface area (Å²) in [6.07, 6.45) is 1.68. The maximum absolute atomic E-state index is 6.53. The van der Waals surface area contributed by atoms with Crippen molar-refractivity contribution in [3.63, 3.8) is 0 Å². The third-order valence-corrected chi connectivity index (χ3v) is 4.90. The highest BCUT2D eigenvalue weighted by atomic mass is 16.7. The topological polar surface area (TPSA) is 21.7 Å². The summed E-state index contributed by atoms with van der Waals surface area (Å²) < 4.78 is 12.8. The fraction of sp³-hybridized carbons (Fsp3) is 0.455. The zero-order valence-corrected chi connectivity index (χ0v) is 15.4. The third-order valence-electron chi connectivity index (χ3n) is 4.90. The summed E-state index contributed by atoms with van der Waals surface area (Å²) in [5.74, 6) is -0.569. The summed E-state index contributed by atoms with van der Waals surface area (Å²) in [6.45, 7) is 8.07. The lowest BCUT2D eigenvalue weighted by Gasteiger charge is -2.29. The van der Waals surface area contributed by atoms with Crippen molar-refractivity contribution in [2.45, 2.75) is 38.6 Å². The molecule has 134 valence electrons. The first-order valence-corrected chi connectivity index (χ1v) is 9.35. The monoisotopic (exact) mass is 339 g/mol. The fourth-order valence-corrected chi connectivity index (χ4v) is 3.54. The van der Waals surface area contributed by atoms with Crippen molar-refractivity contribution in [1.82, 2.24) is 4.90 Å². The van der Waals surface area contributed by atoms with E-state index in [1.807, 2.05) is 12.1 Å². The molecule has 3 heteroatoms. The lowest BCUT2D eigenvalue weighted by atomic mass is 9.98. The van der Waals surface area contributed by atoms with Crippen molar-refractivity contribution in [3.05, 3.63) is 71.8 Å².